The second kappa shape index (κ2) is 9.35. The maximum atomic E-state index is 12.8. The van der Waals surface area contributed by atoms with Crippen molar-refractivity contribution in [1.29, 1.82) is 0 Å². The van der Waals surface area contributed by atoms with Crippen LogP contribution in [0, 0.1) is 0 Å². The number of carbonyl (C=O) groups is 1. The number of amides is 1. The number of β-amino-alcohol motifs (C(OH)–C–C–N with tert-alkyl or cyclic N) is 1. The van der Waals surface area contributed by atoms with E-state index in [1.807, 2.05) is 12.1 Å². The van der Waals surface area contributed by atoms with Crippen molar-refractivity contribution in [3.63, 3.8) is 0 Å². The van der Waals surface area contributed by atoms with Crippen molar-refractivity contribution >= 4 is 5.91 Å². The highest BCUT2D eigenvalue weighted by atomic mass is 16.5. The van der Waals surface area contributed by atoms with Gasteiger partial charge in [0, 0.05) is 37.8 Å². The fraction of sp³-hybridized carbons (Fsp3) is 0.696. The van der Waals surface area contributed by atoms with Gasteiger partial charge >= 0.3 is 0 Å². The molecule has 29 heavy (non-hydrogen) atoms. The highest BCUT2D eigenvalue weighted by molar-refractivity contribution is 5.95. The molecule has 3 fully saturated rings. The Hall–Kier alpha value is -1.79. The molecule has 2 aliphatic heterocycles. The van der Waals surface area contributed by atoms with Gasteiger partial charge in [0.25, 0.3) is 5.91 Å². The van der Waals surface area contributed by atoms with Gasteiger partial charge in [-0.2, -0.15) is 0 Å². The van der Waals surface area contributed by atoms with Gasteiger partial charge in [0.05, 0.1) is 13.2 Å². The van der Waals surface area contributed by atoms with Crippen molar-refractivity contribution < 1.29 is 19.4 Å². The lowest BCUT2D eigenvalue weighted by atomic mass is 10.0. The summed E-state index contributed by atoms with van der Waals surface area (Å²) in [5.41, 5.74) is 0.583. The number of hydrogen-bond donors (Lipinski definition) is 1. The van der Waals surface area contributed by atoms with E-state index in [4.69, 9.17) is 9.47 Å². The monoisotopic (exact) mass is 402 g/mol. The number of benzene rings is 1. The van der Waals surface area contributed by atoms with Gasteiger partial charge in [0.2, 0.25) is 0 Å². The molecule has 1 aromatic carbocycles. The van der Waals surface area contributed by atoms with Gasteiger partial charge in [-0.05, 0) is 56.7 Å². The Labute approximate surface area is 173 Å². The number of aliphatic hydroxyl groups is 1. The third kappa shape index (κ3) is 4.86. The molecular formula is C23H34N2O4. The smallest absolute Gasteiger partial charge is 0.254 e. The van der Waals surface area contributed by atoms with Gasteiger partial charge in [-0.1, -0.05) is 12.8 Å². The summed E-state index contributed by atoms with van der Waals surface area (Å²) >= 11 is 0. The molecule has 2 heterocycles. The minimum absolute atomic E-state index is 0.0570. The Balaban J connectivity index is 1.36. The van der Waals surface area contributed by atoms with Crippen LogP contribution in [0.4, 0.5) is 0 Å². The van der Waals surface area contributed by atoms with Crippen LogP contribution in [-0.2, 0) is 0 Å². The molecule has 0 bridgehead atoms. The molecule has 2 saturated heterocycles. The number of aliphatic hydroxyl groups excluding tert-OH is 1. The summed E-state index contributed by atoms with van der Waals surface area (Å²) in [7, 11) is 1.61. The van der Waals surface area contributed by atoms with Crippen molar-refractivity contribution in [3.05, 3.63) is 23.8 Å². The van der Waals surface area contributed by atoms with Gasteiger partial charge in [-0.15, -0.1) is 0 Å². The van der Waals surface area contributed by atoms with Crippen LogP contribution in [0.5, 0.6) is 11.5 Å². The van der Waals surface area contributed by atoms with Gasteiger partial charge in [-0.3, -0.25) is 4.79 Å². The lowest BCUT2D eigenvalue weighted by Crippen LogP contribution is -2.43. The number of rotatable bonds is 5. The summed E-state index contributed by atoms with van der Waals surface area (Å²) in [6, 6.07) is 6.22. The van der Waals surface area contributed by atoms with Gasteiger partial charge < -0.3 is 24.4 Å². The third-order valence-corrected chi connectivity index (χ3v) is 6.71. The normalized spacial score (nSPS) is 24.6. The largest absolute Gasteiger partial charge is 0.493 e. The number of carbonyl (C=O) groups excluding carboxylic acids is 1. The summed E-state index contributed by atoms with van der Waals surface area (Å²) in [4.78, 5) is 17.2. The molecule has 6 heteroatoms. The summed E-state index contributed by atoms with van der Waals surface area (Å²) in [5, 5.41) is 9.85. The SMILES string of the molecule is COc1cc(C(=O)N2CCC[C@@H](O)C2)ccc1OC1CCN(C2CCCC2)CC1. The summed E-state index contributed by atoms with van der Waals surface area (Å²) in [5.74, 6) is 1.26. The molecule has 1 aromatic rings. The van der Waals surface area contributed by atoms with Crippen LogP contribution < -0.4 is 9.47 Å². The average Bonchev–Trinajstić information content (AvgIpc) is 3.29. The molecule has 1 saturated carbocycles. The number of nitrogens with zero attached hydrogens (tertiary/aromatic N) is 2. The Morgan fingerprint density at radius 3 is 2.45 bits per heavy atom. The number of hydrogen-bond acceptors (Lipinski definition) is 5. The number of likely N-dealkylation sites (tertiary alicyclic amines) is 2. The Bertz CT molecular complexity index is 696. The molecule has 0 unspecified atom stereocenters. The average molecular weight is 403 g/mol. The first-order chi connectivity index (χ1) is 14.1. The van der Waals surface area contributed by atoms with Crippen LogP contribution in [0.15, 0.2) is 18.2 Å². The van der Waals surface area contributed by atoms with E-state index in [1.165, 1.54) is 25.7 Å². The first-order valence-corrected chi connectivity index (χ1v) is 11.2. The zero-order chi connectivity index (χ0) is 20.2. The predicted molar refractivity (Wildman–Crippen MR) is 112 cm³/mol. The van der Waals surface area contributed by atoms with E-state index in [9.17, 15) is 9.90 Å². The summed E-state index contributed by atoms with van der Waals surface area (Å²) in [6.45, 7) is 3.30. The quantitative estimate of drug-likeness (QED) is 0.820. The standard InChI is InChI=1S/C23H34N2O4/c1-28-22-15-17(23(27)25-12-4-7-19(26)16-25)8-9-21(22)29-20-10-13-24(14-11-20)18-5-2-3-6-18/h8-9,15,18-20,26H,2-7,10-14,16H2,1H3/t19-/m1/s1. The van der Waals surface area contributed by atoms with Crippen LogP contribution in [0.25, 0.3) is 0 Å². The van der Waals surface area contributed by atoms with Gasteiger partial charge in [0.15, 0.2) is 11.5 Å². The molecule has 1 atom stereocenters. The molecular weight excluding hydrogens is 368 g/mol. The Morgan fingerprint density at radius 2 is 1.76 bits per heavy atom. The zero-order valence-corrected chi connectivity index (χ0v) is 17.5. The van der Waals surface area contributed by atoms with E-state index in [0.29, 0.717) is 30.2 Å². The molecule has 0 spiro atoms. The molecule has 0 radical (unpaired) electrons. The van der Waals surface area contributed by atoms with Crippen molar-refractivity contribution in [1.82, 2.24) is 9.80 Å². The van der Waals surface area contributed by atoms with E-state index < -0.39 is 6.10 Å². The van der Waals surface area contributed by atoms with E-state index in [0.717, 1.165) is 44.8 Å². The fourth-order valence-corrected chi connectivity index (χ4v) is 5.03. The van der Waals surface area contributed by atoms with E-state index >= 15 is 0 Å². The van der Waals surface area contributed by atoms with E-state index in [-0.39, 0.29) is 12.0 Å². The van der Waals surface area contributed by atoms with Gasteiger partial charge in [-0.25, -0.2) is 0 Å². The molecule has 0 aromatic heterocycles. The van der Waals surface area contributed by atoms with Crippen LogP contribution in [0.3, 0.4) is 0 Å². The lowest BCUT2D eigenvalue weighted by Gasteiger charge is -2.36. The second-order valence-electron chi connectivity index (χ2n) is 8.70. The molecule has 4 rings (SSSR count). The Morgan fingerprint density at radius 1 is 1.00 bits per heavy atom. The number of methoxy groups -OCH3 is 1. The maximum absolute atomic E-state index is 12.8. The molecule has 3 aliphatic rings. The minimum atomic E-state index is -0.424. The van der Waals surface area contributed by atoms with Crippen molar-refractivity contribution in [3.8, 4) is 11.5 Å². The minimum Gasteiger partial charge on any atom is -0.493 e. The van der Waals surface area contributed by atoms with E-state index in [1.54, 1.807) is 18.1 Å². The summed E-state index contributed by atoms with van der Waals surface area (Å²) in [6.07, 6.45) is 8.89. The molecule has 1 amide bonds. The van der Waals surface area contributed by atoms with Crippen LogP contribution in [-0.4, -0.2) is 72.4 Å². The van der Waals surface area contributed by atoms with Crippen LogP contribution >= 0.6 is 0 Å². The fourth-order valence-electron chi connectivity index (χ4n) is 5.03. The Kier molecular flexibility index (Phi) is 6.60. The van der Waals surface area contributed by atoms with Crippen LogP contribution in [0.1, 0.15) is 61.7 Å². The zero-order valence-electron chi connectivity index (χ0n) is 17.5. The van der Waals surface area contributed by atoms with Crippen LogP contribution in [0.2, 0.25) is 0 Å². The molecule has 1 N–H and O–H groups in total. The number of ether oxygens (including phenoxy) is 2. The molecule has 1 aliphatic carbocycles. The highest BCUT2D eigenvalue weighted by Crippen LogP contribution is 2.32. The first kappa shape index (κ1) is 20.5. The first-order valence-electron chi connectivity index (χ1n) is 11.2. The molecule has 160 valence electrons. The maximum Gasteiger partial charge on any atom is 0.254 e. The summed E-state index contributed by atoms with van der Waals surface area (Å²) < 4.78 is 11.8. The highest BCUT2D eigenvalue weighted by Gasteiger charge is 2.29. The van der Waals surface area contributed by atoms with E-state index in [2.05, 4.69) is 4.90 Å². The van der Waals surface area contributed by atoms with Crippen molar-refractivity contribution in [2.24, 2.45) is 0 Å². The number of piperidine rings is 2. The van der Waals surface area contributed by atoms with Crippen molar-refractivity contribution in [2.75, 3.05) is 33.3 Å². The molecule has 6 nitrogen and oxygen atoms in total. The lowest BCUT2D eigenvalue weighted by molar-refractivity contribution is 0.0473. The predicted octanol–water partition coefficient (Wildman–Crippen LogP) is 3.08. The van der Waals surface area contributed by atoms with Gasteiger partial charge in [0.1, 0.15) is 6.10 Å². The van der Waals surface area contributed by atoms with Crippen molar-refractivity contribution in [2.45, 2.75) is 69.6 Å². The topological polar surface area (TPSA) is 62.2 Å². The second-order valence-corrected chi connectivity index (χ2v) is 8.70. The third-order valence-electron chi connectivity index (χ3n) is 6.71.